The Hall–Kier alpha value is -2.18. The number of benzene rings is 1. The van der Waals surface area contributed by atoms with Gasteiger partial charge in [0.1, 0.15) is 0 Å². The fourth-order valence-electron chi connectivity index (χ4n) is 3.62. The molecule has 2 aromatic rings. The summed E-state index contributed by atoms with van der Waals surface area (Å²) >= 11 is 0. The zero-order valence-corrected chi connectivity index (χ0v) is 14.3. The number of carbonyl (C=O) groups excluding carboxylic acids is 1. The van der Waals surface area contributed by atoms with Gasteiger partial charge in [0.25, 0.3) is 5.56 Å². The van der Waals surface area contributed by atoms with Crippen LogP contribution in [0.1, 0.15) is 23.1 Å². The Balaban J connectivity index is 1.96. The van der Waals surface area contributed by atoms with Crippen molar-refractivity contribution in [2.24, 2.45) is 5.73 Å². The summed E-state index contributed by atoms with van der Waals surface area (Å²) in [6, 6.07) is 5.72. The summed E-state index contributed by atoms with van der Waals surface area (Å²) in [5.41, 5.74) is 9.66. The Kier molecular flexibility index (Phi) is 4.43. The van der Waals surface area contributed by atoms with Crippen LogP contribution in [-0.4, -0.2) is 41.5 Å². The van der Waals surface area contributed by atoms with E-state index in [0.717, 1.165) is 22.0 Å². The van der Waals surface area contributed by atoms with Gasteiger partial charge in [0.15, 0.2) is 0 Å². The molecule has 1 aromatic carbocycles. The monoisotopic (exact) mass is 328 g/mol. The van der Waals surface area contributed by atoms with Crippen LogP contribution in [0.25, 0.3) is 10.9 Å². The van der Waals surface area contributed by atoms with Crippen LogP contribution >= 0.6 is 0 Å². The number of aryl methyl sites for hydroxylation is 2. The summed E-state index contributed by atoms with van der Waals surface area (Å²) in [6.45, 7) is 5.07. The molecule has 1 aliphatic heterocycles. The van der Waals surface area contributed by atoms with E-state index in [1.54, 1.807) is 7.05 Å². The Bertz CT molecular complexity index is 843. The third-order valence-corrected chi connectivity index (χ3v) is 4.73. The number of nitrogens with zero attached hydrogens (tertiary/aromatic N) is 1. The van der Waals surface area contributed by atoms with E-state index in [9.17, 15) is 9.59 Å². The highest BCUT2D eigenvalue weighted by Crippen LogP contribution is 2.22. The molecular weight excluding hydrogens is 304 g/mol. The molecule has 0 radical (unpaired) electrons. The lowest BCUT2D eigenvalue weighted by molar-refractivity contribution is -0.125. The van der Waals surface area contributed by atoms with E-state index >= 15 is 0 Å². The quantitative estimate of drug-likeness (QED) is 0.777. The van der Waals surface area contributed by atoms with Crippen molar-refractivity contribution in [3.05, 3.63) is 45.2 Å². The first-order chi connectivity index (χ1) is 11.4. The number of hydrogen-bond donors (Lipinski definition) is 3. The van der Waals surface area contributed by atoms with Gasteiger partial charge in [0, 0.05) is 31.7 Å². The number of likely N-dealkylation sites (tertiary alicyclic amines) is 1. The average Bonchev–Trinajstić information content (AvgIpc) is 2.89. The third kappa shape index (κ3) is 3.07. The first-order valence-electron chi connectivity index (χ1n) is 8.23. The third-order valence-electron chi connectivity index (χ3n) is 4.73. The predicted molar refractivity (Wildman–Crippen MR) is 94.9 cm³/mol. The second-order valence-electron chi connectivity index (χ2n) is 6.73. The van der Waals surface area contributed by atoms with E-state index in [4.69, 9.17) is 5.73 Å². The van der Waals surface area contributed by atoms with Gasteiger partial charge < -0.3 is 16.0 Å². The number of carbonyl (C=O) groups is 1. The molecule has 2 atom stereocenters. The van der Waals surface area contributed by atoms with Crippen molar-refractivity contribution in [3.63, 3.8) is 0 Å². The number of aromatic amines is 1. The van der Waals surface area contributed by atoms with Crippen LogP contribution in [0.15, 0.2) is 23.0 Å². The molecule has 0 saturated carbocycles. The summed E-state index contributed by atoms with van der Waals surface area (Å²) in [7, 11) is 1.62. The molecule has 1 amide bonds. The SMILES string of the molecule is CNC(=O)[C@@H]1C[C@@H](N)CN1Cc1cc2cc(C)cc(C)c2[nH]c1=O. The molecule has 0 bridgehead atoms. The van der Waals surface area contributed by atoms with Gasteiger partial charge in [0.2, 0.25) is 5.91 Å². The molecule has 6 nitrogen and oxygen atoms in total. The molecule has 3 rings (SSSR count). The maximum atomic E-state index is 12.5. The van der Waals surface area contributed by atoms with E-state index in [-0.39, 0.29) is 23.6 Å². The Morgan fingerprint density at radius 3 is 2.83 bits per heavy atom. The lowest BCUT2D eigenvalue weighted by atomic mass is 10.0. The maximum Gasteiger partial charge on any atom is 0.252 e. The van der Waals surface area contributed by atoms with Crippen LogP contribution in [0, 0.1) is 13.8 Å². The lowest BCUT2D eigenvalue weighted by Gasteiger charge is -2.22. The Labute approximate surface area is 141 Å². The van der Waals surface area contributed by atoms with E-state index < -0.39 is 0 Å². The molecule has 6 heteroatoms. The minimum absolute atomic E-state index is 0.0451. The molecular formula is C18H24N4O2. The average molecular weight is 328 g/mol. The first kappa shape index (κ1) is 16.7. The van der Waals surface area contributed by atoms with E-state index in [1.165, 1.54) is 0 Å². The van der Waals surface area contributed by atoms with Gasteiger partial charge in [-0.3, -0.25) is 14.5 Å². The van der Waals surface area contributed by atoms with Crippen molar-refractivity contribution in [1.82, 2.24) is 15.2 Å². The van der Waals surface area contributed by atoms with E-state index in [0.29, 0.717) is 25.1 Å². The molecule has 0 spiro atoms. The van der Waals surface area contributed by atoms with Gasteiger partial charge in [-0.2, -0.15) is 0 Å². The summed E-state index contributed by atoms with van der Waals surface area (Å²) in [6.07, 6.45) is 0.614. The molecule has 0 aliphatic carbocycles. The Morgan fingerprint density at radius 2 is 2.12 bits per heavy atom. The van der Waals surface area contributed by atoms with Crippen LogP contribution in [0.5, 0.6) is 0 Å². The highest BCUT2D eigenvalue weighted by atomic mass is 16.2. The number of nitrogens with two attached hydrogens (primary N) is 1. The number of hydrogen-bond acceptors (Lipinski definition) is 4. The van der Waals surface area contributed by atoms with Gasteiger partial charge in [-0.15, -0.1) is 0 Å². The van der Waals surface area contributed by atoms with Crippen molar-refractivity contribution >= 4 is 16.8 Å². The normalized spacial score (nSPS) is 21.3. The van der Waals surface area contributed by atoms with Crippen molar-refractivity contribution in [2.45, 2.75) is 38.9 Å². The maximum absolute atomic E-state index is 12.5. The molecule has 24 heavy (non-hydrogen) atoms. The fraction of sp³-hybridized carbons (Fsp3) is 0.444. The number of H-pyrrole nitrogens is 1. The Morgan fingerprint density at radius 1 is 1.38 bits per heavy atom. The van der Waals surface area contributed by atoms with Crippen molar-refractivity contribution in [2.75, 3.05) is 13.6 Å². The highest BCUT2D eigenvalue weighted by Gasteiger charge is 2.34. The number of rotatable bonds is 3. The number of pyridine rings is 1. The minimum Gasteiger partial charge on any atom is -0.358 e. The molecule has 1 aliphatic rings. The van der Waals surface area contributed by atoms with Crippen LogP contribution in [0.4, 0.5) is 0 Å². The van der Waals surface area contributed by atoms with E-state index in [1.807, 2.05) is 24.8 Å². The number of amides is 1. The van der Waals surface area contributed by atoms with Gasteiger partial charge in [-0.25, -0.2) is 0 Å². The second-order valence-corrected chi connectivity index (χ2v) is 6.73. The number of aromatic nitrogens is 1. The zero-order chi connectivity index (χ0) is 17.4. The summed E-state index contributed by atoms with van der Waals surface area (Å²) in [5.74, 6) is -0.0492. The van der Waals surface area contributed by atoms with Crippen LogP contribution < -0.4 is 16.6 Å². The molecule has 4 N–H and O–H groups in total. The summed E-state index contributed by atoms with van der Waals surface area (Å²) < 4.78 is 0. The fourth-order valence-corrected chi connectivity index (χ4v) is 3.62. The zero-order valence-electron chi connectivity index (χ0n) is 14.3. The molecule has 2 heterocycles. The van der Waals surface area contributed by atoms with Crippen molar-refractivity contribution < 1.29 is 4.79 Å². The number of likely N-dealkylation sites (N-methyl/N-ethyl adjacent to an activating group) is 1. The molecule has 128 valence electrons. The molecule has 0 unspecified atom stereocenters. The molecule has 1 saturated heterocycles. The minimum atomic E-state index is -0.278. The van der Waals surface area contributed by atoms with Gasteiger partial charge >= 0.3 is 0 Å². The number of nitrogens with one attached hydrogen (secondary N) is 2. The highest BCUT2D eigenvalue weighted by molar-refractivity contribution is 5.83. The van der Waals surface area contributed by atoms with Crippen LogP contribution in [0.2, 0.25) is 0 Å². The van der Waals surface area contributed by atoms with Crippen LogP contribution in [0.3, 0.4) is 0 Å². The topological polar surface area (TPSA) is 91.2 Å². The van der Waals surface area contributed by atoms with Gasteiger partial charge in [0.05, 0.1) is 11.6 Å². The smallest absolute Gasteiger partial charge is 0.252 e. The first-order valence-corrected chi connectivity index (χ1v) is 8.23. The molecule has 1 aromatic heterocycles. The molecule has 1 fully saturated rings. The van der Waals surface area contributed by atoms with Crippen molar-refractivity contribution in [1.29, 1.82) is 0 Å². The predicted octanol–water partition coefficient (Wildman–Crippen LogP) is 0.793. The number of fused-ring (bicyclic) bond motifs is 1. The van der Waals surface area contributed by atoms with Gasteiger partial charge in [-0.1, -0.05) is 11.6 Å². The van der Waals surface area contributed by atoms with Gasteiger partial charge in [-0.05, 0) is 43.4 Å². The summed E-state index contributed by atoms with van der Waals surface area (Å²) in [5, 5.41) is 3.70. The van der Waals surface area contributed by atoms with E-state index in [2.05, 4.69) is 22.4 Å². The summed E-state index contributed by atoms with van der Waals surface area (Å²) in [4.78, 5) is 29.5. The lowest BCUT2D eigenvalue weighted by Crippen LogP contribution is -2.42. The standard InChI is InChI=1S/C18H24N4O2/c1-10-4-11(2)16-12(5-10)6-13(17(23)21-16)8-22-9-14(19)7-15(22)18(24)20-3/h4-6,14-15H,7-9,19H2,1-3H3,(H,20,24)(H,21,23)/t14-,15+/m1/s1. The largest absolute Gasteiger partial charge is 0.358 e. The second kappa shape index (κ2) is 6.37. The van der Waals surface area contributed by atoms with Crippen LogP contribution in [-0.2, 0) is 11.3 Å². The van der Waals surface area contributed by atoms with Crippen molar-refractivity contribution in [3.8, 4) is 0 Å².